The number of piperidine rings is 6. The molecule has 6 aromatic rings. The lowest BCUT2D eigenvalue weighted by molar-refractivity contribution is 0.0783. The van der Waals surface area contributed by atoms with Crippen LogP contribution < -0.4 is 31.9 Å². The van der Waals surface area contributed by atoms with Crippen LogP contribution in [0.4, 0.5) is 0 Å². The SMILES string of the molecule is CC(C)N1CCC(C)(NC(=O)c2cnn(C)c2)CC1.Cc1cc(C(=O)NC2(C)CCN(C(C)C)CC2)c(Cl)cn1.Cc1cc(C(=O)NC2(C)CCN(C(C)C)CC2)cc(C)n1.Cc1cc(C)nc(C(=O)NC2(C)CCN(C(C)C)CC2)c1.Cc1cc(C)nc(C(=O)NC2(C)CCN(C(C)C)CC2)n1.Cc1ncc(Cl)cc1C(=O)NC1(C)CCN(C(C)C)CC1. The van der Waals surface area contributed by atoms with Gasteiger partial charge >= 0.3 is 0 Å². The topological polar surface area (TPSA) is 289 Å². The Kier molecular flexibility index (Phi) is 38.0. The number of hydrogen-bond acceptors (Lipinski definition) is 19. The second-order valence-corrected chi connectivity index (χ2v) is 40.0. The molecule has 0 atom stereocenters. The second kappa shape index (κ2) is 45.7. The van der Waals surface area contributed by atoms with Gasteiger partial charge < -0.3 is 61.3 Å². The Labute approximate surface area is 752 Å². The molecule has 0 aromatic carbocycles. The van der Waals surface area contributed by atoms with E-state index in [1.54, 1.807) is 35.4 Å². The number of rotatable bonds is 18. The van der Waals surface area contributed by atoms with E-state index < -0.39 is 0 Å². The molecule has 0 aliphatic carbocycles. The monoisotopic (exact) mass is 1750 g/mol. The van der Waals surface area contributed by atoms with Gasteiger partial charge in [-0.15, -0.1) is 0 Å². The molecule has 0 saturated carbocycles. The van der Waals surface area contributed by atoms with E-state index in [9.17, 15) is 28.8 Å². The van der Waals surface area contributed by atoms with Crippen molar-refractivity contribution in [1.82, 2.24) is 101 Å². The van der Waals surface area contributed by atoms with E-state index in [1.807, 2.05) is 92.8 Å². The zero-order chi connectivity index (χ0) is 92.1. The van der Waals surface area contributed by atoms with E-state index in [2.05, 4.69) is 221 Å². The third-order valence-corrected chi connectivity index (χ3v) is 26.2. The van der Waals surface area contributed by atoms with Crippen molar-refractivity contribution in [3.8, 4) is 0 Å². The lowest BCUT2D eigenvalue weighted by Crippen LogP contribution is -2.54. The summed E-state index contributed by atoms with van der Waals surface area (Å²) in [5, 5.41) is 24.0. The Morgan fingerprint density at radius 1 is 0.331 bits per heavy atom. The zero-order valence-electron chi connectivity index (χ0n) is 80.3. The molecule has 12 rings (SSSR count). The number of aromatic nitrogens is 8. The highest BCUT2D eigenvalue weighted by Crippen LogP contribution is 2.31. The number of likely N-dealkylation sites (tertiary alicyclic amines) is 6. The normalized spacial score (nSPS) is 18.9. The number of nitrogens with zero attached hydrogens (tertiary/aromatic N) is 14. The third-order valence-electron chi connectivity index (χ3n) is 25.6. The minimum atomic E-state index is -0.165. The average Bonchev–Trinajstić information content (AvgIpc) is 0.942. The molecule has 6 amide bonds. The number of aryl methyl sites for hydroxylation is 9. The van der Waals surface area contributed by atoms with E-state index in [4.69, 9.17) is 23.2 Å². The van der Waals surface area contributed by atoms with Gasteiger partial charge in [-0.2, -0.15) is 5.10 Å². The quantitative estimate of drug-likeness (QED) is 0.0466. The van der Waals surface area contributed by atoms with Crippen molar-refractivity contribution in [3.63, 3.8) is 0 Å². The minimum absolute atomic E-state index is 0.0177. The molecule has 0 unspecified atom stereocenters. The molecule has 124 heavy (non-hydrogen) atoms. The summed E-state index contributed by atoms with van der Waals surface area (Å²) >= 11 is 12.0. The summed E-state index contributed by atoms with van der Waals surface area (Å²) in [6.07, 6.45) is 18.2. The molecule has 12 heterocycles. The average molecular weight is 1750 g/mol. The van der Waals surface area contributed by atoms with Gasteiger partial charge in [-0.25, -0.2) is 15.0 Å². The van der Waals surface area contributed by atoms with Crippen LogP contribution >= 0.6 is 23.2 Å². The molecule has 28 heteroatoms. The Balaban J connectivity index is 0.000000204. The maximum atomic E-state index is 12.5. The molecule has 6 N–H and O–H groups in total. The summed E-state index contributed by atoms with van der Waals surface area (Å²) in [6.45, 7) is 66.9. The predicted molar refractivity (Wildman–Crippen MR) is 501 cm³/mol. The number of nitrogens with one attached hydrogen (secondary N) is 6. The summed E-state index contributed by atoms with van der Waals surface area (Å²) in [7, 11) is 1.82. The largest absolute Gasteiger partial charge is 0.347 e. The number of carbonyl (C=O) groups is 6. The summed E-state index contributed by atoms with van der Waals surface area (Å²) in [5.41, 5.74) is 9.04. The van der Waals surface area contributed by atoms with Gasteiger partial charge in [-0.05, 0) is 305 Å². The van der Waals surface area contributed by atoms with Crippen LogP contribution in [-0.4, -0.2) is 253 Å². The summed E-state index contributed by atoms with van der Waals surface area (Å²) in [6, 6.07) is 16.3. The van der Waals surface area contributed by atoms with Crippen LogP contribution in [0.3, 0.4) is 0 Å². The summed E-state index contributed by atoms with van der Waals surface area (Å²) in [5.74, 6) is -0.128. The van der Waals surface area contributed by atoms with Crippen LogP contribution in [-0.2, 0) is 7.05 Å². The minimum Gasteiger partial charge on any atom is -0.347 e. The smallest absolute Gasteiger partial charge is 0.289 e. The fraction of sp³-hybridized carbons (Fsp3) is 0.656. The van der Waals surface area contributed by atoms with Gasteiger partial charge in [0.25, 0.3) is 35.4 Å². The van der Waals surface area contributed by atoms with E-state index in [-0.39, 0.29) is 74.5 Å². The Morgan fingerprint density at radius 3 is 0.984 bits per heavy atom. The Hall–Kier alpha value is -7.95. The summed E-state index contributed by atoms with van der Waals surface area (Å²) < 4.78 is 1.65. The van der Waals surface area contributed by atoms with Crippen LogP contribution in [0.2, 0.25) is 10.0 Å². The molecule has 6 aromatic heterocycles. The fourth-order valence-electron chi connectivity index (χ4n) is 16.7. The highest BCUT2D eigenvalue weighted by molar-refractivity contribution is 6.33. The van der Waals surface area contributed by atoms with Gasteiger partial charge in [0.15, 0.2) is 0 Å². The van der Waals surface area contributed by atoms with Crippen molar-refractivity contribution in [2.45, 2.75) is 327 Å². The number of amides is 6. The molecular formula is C96H152Cl2N20O6. The van der Waals surface area contributed by atoms with Crippen molar-refractivity contribution < 1.29 is 28.8 Å². The lowest BCUT2D eigenvalue weighted by Gasteiger charge is -2.41. The van der Waals surface area contributed by atoms with Crippen molar-refractivity contribution in [2.75, 3.05) is 78.5 Å². The van der Waals surface area contributed by atoms with Crippen LogP contribution in [0.25, 0.3) is 0 Å². The van der Waals surface area contributed by atoms with E-state index in [0.717, 1.165) is 195 Å². The lowest BCUT2D eigenvalue weighted by atomic mass is 9.88. The zero-order valence-corrected chi connectivity index (χ0v) is 81.8. The first-order valence-electron chi connectivity index (χ1n) is 45.2. The van der Waals surface area contributed by atoms with Crippen LogP contribution in [0.1, 0.15) is 310 Å². The molecule has 0 spiro atoms. The molecule has 6 fully saturated rings. The predicted octanol–water partition coefficient (Wildman–Crippen LogP) is 15.0. The molecule has 0 bridgehead atoms. The van der Waals surface area contributed by atoms with E-state index >= 15 is 0 Å². The first-order chi connectivity index (χ1) is 57.9. The number of pyridine rings is 4. The van der Waals surface area contributed by atoms with Crippen molar-refractivity contribution in [1.29, 1.82) is 0 Å². The van der Waals surface area contributed by atoms with Crippen molar-refractivity contribution >= 4 is 58.6 Å². The number of carbonyl (C=O) groups excluding carboxylic acids is 6. The molecule has 6 aliphatic heterocycles. The first kappa shape index (κ1) is 103. The maximum Gasteiger partial charge on any atom is 0.289 e. The molecule has 6 aliphatic rings. The molecule has 0 radical (unpaired) electrons. The van der Waals surface area contributed by atoms with Gasteiger partial charge in [0.2, 0.25) is 5.82 Å². The third kappa shape index (κ3) is 32.1. The molecule has 26 nitrogen and oxygen atoms in total. The van der Waals surface area contributed by atoms with Crippen LogP contribution in [0.15, 0.2) is 67.3 Å². The van der Waals surface area contributed by atoms with E-state index in [0.29, 0.717) is 79.9 Å². The molecule has 686 valence electrons. The standard InChI is InChI=1S/2C17H27N3O.2C16H24ClN3O.C16H26N4O.C14H24N4O/c1-12(2)20-8-6-17(5,7-9-20)19-16(21)15-10-13(3)18-14(4)11-15;1-12(2)20-8-6-17(5,7-9-20)19-16(21)15-11-13(3)10-14(4)18-15;1-11(2)20-7-5-16(4,6-8-20)19-15(21)14-9-13(17)10-18-12(14)3;1-11(2)20-7-5-16(4,6-8-20)19-15(21)13-9-12(3)18-10-14(13)17;1-11(2)20-8-6-16(5,7-9-20)19-15(21)14-17-12(3)10-13(4)18-14;1-11(2)18-7-5-14(3,6-8-18)16-13(19)12-9-15-17(4)10-12/h2*10-12H,6-9H2,1-5H3,(H,19,21);2*9-11H,5-8H2,1-4H3,(H,19,21);10-11H,6-9H2,1-5H3,(H,19,21);9-11H,5-8H2,1-4H3,(H,16,19). The Morgan fingerprint density at radius 2 is 0.645 bits per heavy atom. The van der Waals surface area contributed by atoms with Gasteiger partial charge in [0.05, 0.1) is 38.6 Å². The fourth-order valence-corrected chi connectivity index (χ4v) is 17.1. The van der Waals surface area contributed by atoms with Crippen molar-refractivity contribution in [3.05, 3.63) is 156 Å². The second-order valence-electron chi connectivity index (χ2n) is 39.1. The highest BCUT2D eigenvalue weighted by Gasteiger charge is 2.39. The first-order valence-corrected chi connectivity index (χ1v) is 46.0. The number of hydrogen-bond donors (Lipinski definition) is 6. The van der Waals surface area contributed by atoms with Gasteiger partial charge in [0, 0.05) is 213 Å². The maximum absolute atomic E-state index is 12.5. The molecular weight excluding hydrogens is 1600 g/mol. The van der Waals surface area contributed by atoms with Gasteiger partial charge in [0.1, 0.15) is 5.69 Å². The Bertz CT molecular complexity index is 4110. The van der Waals surface area contributed by atoms with Crippen LogP contribution in [0.5, 0.6) is 0 Å². The van der Waals surface area contributed by atoms with Crippen LogP contribution in [0, 0.1) is 55.4 Å². The van der Waals surface area contributed by atoms with E-state index in [1.165, 1.54) is 6.20 Å². The highest BCUT2D eigenvalue weighted by atomic mass is 35.5. The van der Waals surface area contributed by atoms with Gasteiger partial charge in [-0.3, -0.25) is 48.4 Å². The van der Waals surface area contributed by atoms with Gasteiger partial charge in [-0.1, -0.05) is 23.2 Å². The number of halogens is 2. The summed E-state index contributed by atoms with van der Waals surface area (Å²) in [4.78, 5) is 115. The van der Waals surface area contributed by atoms with Crippen molar-refractivity contribution in [2.24, 2.45) is 7.05 Å². The molecule has 6 saturated heterocycles.